The van der Waals surface area contributed by atoms with Crippen LogP contribution in [0.2, 0.25) is 0 Å². The number of amides is 1. The number of benzene rings is 1. The van der Waals surface area contributed by atoms with E-state index in [0.29, 0.717) is 13.1 Å². The van der Waals surface area contributed by atoms with Gasteiger partial charge in [0.1, 0.15) is 0 Å². The first-order valence-electron chi connectivity index (χ1n) is 7.96. The minimum atomic E-state index is 0.137. The van der Waals surface area contributed by atoms with Crippen molar-refractivity contribution in [1.82, 2.24) is 4.90 Å². The first kappa shape index (κ1) is 15.8. The molecule has 1 atom stereocenters. The van der Waals surface area contributed by atoms with Crippen molar-refractivity contribution in [3.8, 4) is 0 Å². The lowest BCUT2D eigenvalue weighted by Gasteiger charge is -2.31. The largest absolute Gasteiger partial charge is 0.376 e. The summed E-state index contributed by atoms with van der Waals surface area (Å²) in [6.07, 6.45) is 4.24. The van der Waals surface area contributed by atoms with Crippen LogP contribution in [-0.4, -0.2) is 36.5 Å². The van der Waals surface area contributed by atoms with E-state index >= 15 is 0 Å². The summed E-state index contributed by atoms with van der Waals surface area (Å²) in [5.74, 6) is 0.142. The van der Waals surface area contributed by atoms with Crippen molar-refractivity contribution in [3.63, 3.8) is 0 Å². The summed E-state index contributed by atoms with van der Waals surface area (Å²) in [4.78, 5) is 14.1. The van der Waals surface area contributed by atoms with Crippen molar-refractivity contribution >= 4 is 11.6 Å². The fraction of sp³-hybridized carbons (Fsp3) is 0.588. The third-order valence-corrected chi connectivity index (χ3v) is 3.93. The molecule has 0 aromatic heterocycles. The lowest BCUT2D eigenvalue weighted by Crippen LogP contribution is -2.47. The molecule has 0 radical (unpaired) electrons. The van der Waals surface area contributed by atoms with Gasteiger partial charge in [0.05, 0.1) is 6.54 Å². The van der Waals surface area contributed by atoms with Gasteiger partial charge in [-0.15, -0.1) is 0 Å². The van der Waals surface area contributed by atoms with Crippen molar-refractivity contribution < 1.29 is 4.79 Å². The number of likely N-dealkylation sites (tertiary alicyclic amines) is 1. The molecule has 1 amide bonds. The van der Waals surface area contributed by atoms with Crippen molar-refractivity contribution in [3.05, 3.63) is 29.3 Å². The van der Waals surface area contributed by atoms with Crippen LogP contribution in [0.4, 0.5) is 5.69 Å². The summed E-state index contributed by atoms with van der Waals surface area (Å²) in [5, 5.41) is 3.26. The van der Waals surface area contributed by atoms with E-state index < -0.39 is 0 Å². The van der Waals surface area contributed by atoms with Crippen LogP contribution in [-0.2, 0) is 11.2 Å². The minimum absolute atomic E-state index is 0.137. The number of anilines is 1. The average molecular weight is 289 g/mol. The number of hydrogen-bond acceptors (Lipinski definition) is 3. The maximum Gasteiger partial charge on any atom is 0.241 e. The monoisotopic (exact) mass is 289 g/mol. The van der Waals surface area contributed by atoms with E-state index in [1.165, 1.54) is 11.1 Å². The Kier molecular flexibility index (Phi) is 5.62. The second kappa shape index (κ2) is 7.46. The maximum absolute atomic E-state index is 12.2. The molecule has 0 aliphatic carbocycles. The molecule has 0 spiro atoms. The molecule has 1 unspecified atom stereocenters. The number of nitrogens with two attached hydrogens (primary N) is 1. The Labute approximate surface area is 127 Å². The van der Waals surface area contributed by atoms with E-state index in [1.54, 1.807) is 0 Å². The fourth-order valence-corrected chi connectivity index (χ4v) is 2.92. The number of carbonyl (C=O) groups is 1. The molecule has 1 heterocycles. The van der Waals surface area contributed by atoms with Crippen LogP contribution in [0.3, 0.4) is 0 Å². The van der Waals surface area contributed by atoms with E-state index in [1.807, 2.05) is 4.90 Å². The summed E-state index contributed by atoms with van der Waals surface area (Å²) in [5.41, 5.74) is 9.52. The molecule has 1 saturated heterocycles. The topological polar surface area (TPSA) is 58.4 Å². The van der Waals surface area contributed by atoms with Gasteiger partial charge in [0.2, 0.25) is 5.91 Å². The molecule has 1 aliphatic rings. The molecule has 4 heteroatoms. The van der Waals surface area contributed by atoms with E-state index in [9.17, 15) is 4.79 Å². The molecule has 116 valence electrons. The van der Waals surface area contributed by atoms with Crippen LogP contribution in [0, 0.1) is 6.92 Å². The van der Waals surface area contributed by atoms with Crippen LogP contribution in [0.1, 0.15) is 37.3 Å². The van der Waals surface area contributed by atoms with Gasteiger partial charge in [0, 0.05) is 24.8 Å². The van der Waals surface area contributed by atoms with Gasteiger partial charge in [0.15, 0.2) is 0 Å². The second-order valence-corrected chi connectivity index (χ2v) is 6.05. The molecular weight excluding hydrogens is 262 g/mol. The zero-order chi connectivity index (χ0) is 15.2. The number of rotatable bonds is 5. The predicted octanol–water partition coefficient (Wildman–Crippen LogP) is 2.31. The Morgan fingerprint density at radius 1 is 1.43 bits per heavy atom. The van der Waals surface area contributed by atoms with Gasteiger partial charge in [-0.05, 0) is 49.4 Å². The molecule has 0 saturated carbocycles. The van der Waals surface area contributed by atoms with E-state index in [2.05, 4.69) is 37.4 Å². The van der Waals surface area contributed by atoms with Gasteiger partial charge < -0.3 is 16.0 Å². The van der Waals surface area contributed by atoms with Crippen LogP contribution in [0.15, 0.2) is 18.2 Å². The van der Waals surface area contributed by atoms with Crippen LogP contribution in [0.25, 0.3) is 0 Å². The smallest absolute Gasteiger partial charge is 0.241 e. The molecule has 1 fully saturated rings. The fourth-order valence-electron chi connectivity index (χ4n) is 2.92. The first-order chi connectivity index (χ1) is 10.1. The van der Waals surface area contributed by atoms with Crippen molar-refractivity contribution in [1.29, 1.82) is 0 Å². The summed E-state index contributed by atoms with van der Waals surface area (Å²) in [6.45, 7) is 6.15. The van der Waals surface area contributed by atoms with Crippen molar-refractivity contribution in [2.45, 2.75) is 45.6 Å². The Morgan fingerprint density at radius 3 is 2.95 bits per heavy atom. The van der Waals surface area contributed by atoms with Crippen LogP contribution < -0.4 is 11.1 Å². The summed E-state index contributed by atoms with van der Waals surface area (Å²) in [7, 11) is 0. The molecule has 1 aromatic rings. The second-order valence-electron chi connectivity index (χ2n) is 6.05. The van der Waals surface area contributed by atoms with E-state index in [0.717, 1.165) is 37.9 Å². The number of hydrogen-bond donors (Lipinski definition) is 2. The number of aryl methyl sites for hydroxylation is 2. The standard InChI is InChI=1S/C17H27N3O/c1-3-5-14-8-13(2)9-16(10-14)19-11-17(21)20-7-4-6-15(18)12-20/h8-10,15,19H,3-7,11-12,18H2,1-2H3. The summed E-state index contributed by atoms with van der Waals surface area (Å²) < 4.78 is 0. The van der Waals surface area contributed by atoms with Crippen LogP contribution in [0.5, 0.6) is 0 Å². The predicted molar refractivity (Wildman–Crippen MR) is 87.5 cm³/mol. The van der Waals surface area contributed by atoms with Gasteiger partial charge >= 0.3 is 0 Å². The Bertz CT molecular complexity index is 487. The molecule has 3 N–H and O–H groups in total. The number of piperidine rings is 1. The molecule has 1 aromatic carbocycles. The molecule has 0 bridgehead atoms. The maximum atomic E-state index is 12.2. The zero-order valence-electron chi connectivity index (χ0n) is 13.2. The highest BCUT2D eigenvalue weighted by Gasteiger charge is 2.20. The van der Waals surface area contributed by atoms with Crippen molar-refractivity contribution in [2.24, 2.45) is 5.73 Å². The van der Waals surface area contributed by atoms with Gasteiger partial charge in [-0.3, -0.25) is 4.79 Å². The van der Waals surface area contributed by atoms with Crippen molar-refractivity contribution in [2.75, 3.05) is 25.0 Å². The lowest BCUT2D eigenvalue weighted by molar-refractivity contribution is -0.130. The Balaban J connectivity index is 1.91. The molecule has 21 heavy (non-hydrogen) atoms. The Morgan fingerprint density at radius 2 is 2.24 bits per heavy atom. The quantitative estimate of drug-likeness (QED) is 0.874. The van der Waals surface area contributed by atoms with Gasteiger partial charge in [-0.2, -0.15) is 0 Å². The van der Waals surface area contributed by atoms with E-state index in [4.69, 9.17) is 5.73 Å². The highest BCUT2D eigenvalue weighted by Crippen LogP contribution is 2.16. The highest BCUT2D eigenvalue weighted by atomic mass is 16.2. The number of carbonyl (C=O) groups excluding carboxylic acids is 1. The molecular formula is C17H27N3O. The van der Waals surface area contributed by atoms with Gasteiger partial charge in [-0.1, -0.05) is 19.4 Å². The number of nitrogens with zero attached hydrogens (tertiary/aromatic N) is 1. The van der Waals surface area contributed by atoms with Crippen LogP contribution >= 0.6 is 0 Å². The normalized spacial score (nSPS) is 18.6. The molecule has 1 aliphatic heterocycles. The first-order valence-corrected chi connectivity index (χ1v) is 7.96. The third-order valence-electron chi connectivity index (χ3n) is 3.93. The van der Waals surface area contributed by atoms with E-state index in [-0.39, 0.29) is 11.9 Å². The average Bonchev–Trinajstić information content (AvgIpc) is 2.44. The summed E-state index contributed by atoms with van der Waals surface area (Å²) in [6, 6.07) is 6.58. The Hall–Kier alpha value is -1.55. The zero-order valence-corrected chi connectivity index (χ0v) is 13.2. The third kappa shape index (κ3) is 4.74. The van der Waals surface area contributed by atoms with Gasteiger partial charge in [0.25, 0.3) is 0 Å². The SMILES string of the molecule is CCCc1cc(C)cc(NCC(=O)N2CCCC(N)C2)c1. The molecule has 2 rings (SSSR count). The minimum Gasteiger partial charge on any atom is -0.376 e. The number of nitrogens with one attached hydrogen (secondary N) is 1. The summed E-state index contributed by atoms with van der Waals surface area (Å²) >= 11 is 0. The molecule has 4 nitrogen and oxygen atoms in total. The highest BCUT2D eigenvalue weighted by molar-refractivity contribution is 5.81. The lowest BCUT2D eigenvalue weighted by atomic mass is 10.1. The van der Waals surface area contributed by atoms with Gasteiger partial charge in [-0.25, -0.2) is 0 Å².